The smallest absolute Gasteiger partial charge is 0.235 e. The van der Waals surface area contributed by atoms with Gasteiger partial charge >= 0.3 is 0 Å². The molecule has 172 valence electrons. The summed E-state index contributed by atoms with van der Waals surface area (Å²) in [6.07, 6.45) is 4.36. The predicted molar refractivity (Wildman–Crippen MR) is 119 cm³/mol. The Kier molecular flexibility index (Phi) is 24.9. The van der Waals surface area contributed by atoms with E-state index in [-0.39, 0.29) is 5.91 Å². The topological polar surface area (TPSA) is 107 Å². The summed E-state index contributed by atoms with van der Waals surface area (Å²) in [6.45, 7) is 18.5. The molecule has 5 N–H and O–H groups in total. The number of allylic oxidation sites excluding steroid dienone is 2. The minimum atomic E-state index is -0.136. The lowest BCUT2D eigenvalue weighted by Gasteiger charge is -2.12. The summed E-state index contributed by atoms with van der Waals surface area (Å²) in [5, 5.41) is 3.29. The molecule has 8 heteroatoms. The second-order valence-electron chi connectivity index (χ2n) is 6.13. The van der Waals surface area contributed by atoms with Crippen LogP contribution in [0.2, 0.25) is 0 Å². The zero-order valence-corrected chi connectivity index (χ0v) is 18.8. The van der Waals surface area contributed by atoms with Crippen LogP contribution in [-0.4, -0.2) is 58.6 Å². The number of carbonyl (C=O) groups excluding carboxylic acids is 1. The van der Waals surface area contributed by atoms with Gasteiger partial charge in [-0.2, -0.15) is 0 Å². The second-order valence-corrected chi connectivity index (χ2v) is 6.13. The van der Waals surface area contributed by atoms with Crippen molar-refractivity contribution in [2.75, 3.05) is 52.7 Å². The summed E-state index contributed by atoms with van der Waals surface area (Å²) in [7, 11) is 0. The third kappa shape index (κ3) is 26.4. The minimum absolute atomic E-state index is 0.136. The monoisotopic (exact) mass is 416 g/mol. The Hall–Kier alpha value is -1.61. The molecule has 29 heavy (non-hydrogen) atoms. The molecule has 0 saturated heterocycles. The summed E-state index contributed by atoms with van der Waals surface area (Å²) in [5.74, 6) is -0.136. The molecule has 0 aromatic rings. The molecule has 0 bridgehead atoms. The molecule has 0 saturated carbocycles. The van der Waals surface area contributed by atoms with Crippen molar-refractivity contribution >= 4 is 5.91 Å². The molecule has 0 fully saturated rings. The maximum absolute atomic E-state index is 10.8. The Balaban J connectivity index is 0. The molecule has 0 radical (unpaired) electrons. The van der Waals surface area contributed by atoms with E-state index in [1.54, 1.807) is 0 Å². The lowest BCUT2D eigenvalue weighted by Crippen LogP contribution is -2.34. The number of rotatable bonds is 20. The van der Waals surface area contributed by atoms with Gasteiger partial charge < -0.3 is 30.7 Å². The van der Waals surface area contributed by atoms with E-state index in [2.05, 4.69) is 29.3 Å². The summed E-state index contributed by atoms with van der Waals surface area (Å²) in [5.41, 5.74) is 12.4. The van der Waals surface area contributed by atoms with Crippen LogP contribution in [0.4, 0.5) is 0 Å². The van der Waals surface area contributed by atoms with E-state index in [4.69, 9.17) is 19.9 Å². The van der Waals surface area contributed by atoms with Gasteiger partial charge in [-0.25, -0.2) is 0 Å². The molecule has 0 atom stereocenters. The highest BCUT2D eigenvalue weighted by Gasteiger charge is 1.98. The van der Waals surface area contributed by atoms with Crippen molar-refractivity contribution in [3.05, 3.63) is 24.6 Å². The largest absolute Gasteiger partial charge is 0.389 e. The summed E-state index contributed by atoms with van der Waals surface area (Å²) in [4.78, 5) is 10.8. The van der Waals surface area contributed by atoms with Crippen molar-refractivity contribution < 1.29 is 19.0 Å². The molecule has 0 aromatic carbocycles. The van der Waals surface area contributed by atoms with Crippen LogP contribution < -0.4 is 21.9 Å². The van der Waals surface area contributed by atoms with Crippen LogP contribution in [0.25, 0.3) is 0 Å². The fraction of sp³-hybridized carbons (Fsp3) is 0.762. The average Bonchev–Trinajstić information content (AvgIpc) is 2.71. The van der Waals surface area contributed by atoms with Crippen LogP contribution in [0.15, 0.2) is 24.6 Å². The summed E-state index contributed by atoms with van der Waals surface area (Å²) < 4.78 is 16.3. The number of amides is 1. The molecular formula is C21H44N4O4. The third-order valence-corrected chi connectivity index (χ3v) is 3.45. The SMILES string of the molecule is C=C(CCCC(=C)NNC(C)=O)NCCCOCCOCCOCCCN.CC. The van der Waals surface area contributed by atoms with E-state index >= 15 is 0 Å². The first-order valence-electron chi connectivity index (χ1n) is 10.6. The normalized spacial score (nSPS) is 9.93. The fourth-order valence-corrected chi connectivity index (χ4v) is 2.01. The maximum Gasteiger partial charge on any atom is 0.235 e. The van der Waals surface area contributed by atoms with Gasteiger partial charge in [0.05, 0.1) is 26.4 Å². The van der Waals surface area contributed by atoms with Gasteiger partial charge in [0.1, 0.15) is 0 Å². The van der Waals surface area contributed by atoms with Gasteiger partial charge in [-0.1, -0.05) is 27.0 Å². The van der Waals surface area contributed by atoms with E-state index in [0.717, 1.165) is 50.0 Å². The van der Waals surface area contributed by atoms with Gasteiger partial charge in [0.25, 0.3) is 0 Å². The van der Waals surface area contributed by atoms with Crippen LogP contribution in [0.5, 0.6) is 0 Å². The maximum atomic E-state index is 10.8. The van der Waals surface area contributed by atoms with E-state index in [1.807, 2.05) is 13.8 Å². The third-order valence-electron chi connectivity index (χ3n) is 3.45. The molecule has 0 aliphatic carbocycles. The first-order chi connectivity index (χ1) is 14.1. The molecule has 0 aliphatic rings. The number of ether oxygens (including phenoxy) is 3. The highest BCUT2D eigenvalue weighted by molar-refractivity contribution is 5.72. The molecule has 0 spiro atoms. The highest BCUT2D eigenvalue weighted by atomic mass is 16.5. The number of carbonyl (C=O) groups is 1. The van der Waals surface area contributed by atoms with E-state index < -0.39 is 0 Å². The molecular weight excluding hydrogens is 372 g/mol. The number of hydrogen-bond donors (Lipinski definition) is 4. The number of nitrogens with one attached hydrogen (secondary N) is 3. The van der Waals surface area contributed by atoms with Gasteiger partial charge in [-0.05, 0) is 38.6 Å². The van der Waals surface area contributed by atoms with Crippen LogP contribution in [-0.2, 0) is 19.0 Å². The quantitative estimate of drug-likeness (QED) is 0.178. The van der Waals surface area contributed by atoms with Gasteiger partial charge in [-0.15, -0.1) is 0 Å². The molecule has 0 heterocycles. The summed E-state index contributed by atoms with van der Waals surface area (Å²) >= 11 is 0. The van der Waals surface area contributed by atoms with Crippen molar-refractivity contribution in [1.82, 2.24) is 16.2 Å². The zero-order valence-electron chi connectivity index (χ0n) is 18.8. The molecule has 8 nitrogen and oxygen atoms in total. The molecule has 0 aliphatic heterocycles. The fourth-order valence-electron chi connectivity index (χ4n) is 2.01. The van der Waals surface area contributed by atoms with Crippen molar-refractivity contribution in [2.24, 2.45) is 5.73 Å². The van der Waals surface area contributed by atoms with Crippen LogP contribution in [0.3, 0.4) is 0 Å². The lowest BCUT2D eigenvalue weighted by molar-refractivity contribution is -0.119. The lowest BCUT2D eigenvalue weighted by atomic mass is 10.2. The van der Waals surface area contributed by atoms with Crippen molar-refractivity contribution in [2.45, 2.75) is 52.9 Å². The number of nitrogens with two attached hydrogens (primary N) is 1. The zero-order chi connectivity index (χ0) is 22.2. The standard InChI is InChI=1S/C19H38N4O4.C2H6/c1-17(7-4-8-18(2)22-23-19(3)24)21-10-6-12-26-14-16-27-15-13-25-11-5-9-20;1-2/h21-22H,1-2,4-16,20H2,3H3,(H,23,24);1-2H3. The summed E-state index contributed by atoms with van der Waals surface area (Å²) in [6, 6.07) is 0. The van der Waals surface area contributed by atoms with Gasteiger partial charge in [-0.3, -0.25) is 10.2 Å². The van der Waals surface area contributed by atoms with Crippen molar-refractivity contribution in [3.8, 4) is 0 Å². The first kappa shape index (κ1) is 29.6. The molecule has 0 aromatic heterocycles. The molecule has 0 rings (SSSR count). The first-order valence-corrected chi connectivity index (χ1v) is 10.6. The number of hydrazine groups is 1. The van der Waals surface area contributed by atoms with E-state index in [1.165, 1.54) is 6.92 Å². The van der Waals surface area contributed by atoms with Crippen LogP contribution in [0, 0.1) is 0 Å². The van der Waals surface area contributed by atoms with E-state index in [0.29, 0.717) is 46.2 Å². The molecule has 1 amide bonds. The predicted octanol–water partition coefficient (Wildman–Crippen LogP) is 2.23. The minimum Gasteiger partial charge on any atom is -0.389 e. The number of hydrogen-bond acceptors (Lipinski definition) is 7. The average molecular weight is 417 g/mol. The Bertz CT molecular complexity index is 406. The van der Waals surface area contributed by atoms with Gasteiger partial charge in [0, 0.05) is 38.1 Å². The highest BCUT2D eigenvalue weighted by Crippen LogP contribution is 2.06. The van der Waals surface area contributed by atoms with Crippen molar-refractivity contribution in [1.29, 1.82) is 0 Å². The van der Waals surface area contributed by atoms with Crippen molar-refractivity contribution in [3.63, 3.8) is 0 Å². The Morgan fingerprint density at radius 2 is 1.31 bits per heavy atom. The Labute approximate surface area is 177 Å². The second kappa shape index (κ2) is 24.4. The van der Waals surface area contributed by atoms with Gasteiger partial charge in [0.2, 0.25) is 5.91 Å². The van der Waals surface area contributed by atoms with Crippen LogP contribution in [0.1, 0.15) is 52.9 Å². The van der Waals surface area contributed by atoms with E-state index in [9.17, 15) is 4.79 Å². The molecule has 0 unspecified atom stereocenters. The Morgan fingerprint density at radius 1 is 0.793 bits per heavy atom. The Morgan fingerprint density at radius 3 is 1.86 bits per heavy atom. The van der Waals surface area contributed by atoms with Gasteiger partial charge in [0.15, 0.2) is 0 Å². The van der Waals surface area contributed by atoms with Crippen LogP contribution >= 0.6 is 0 Å².